The van der Waals surface area contributed by atoms with Gasteiger partial charge in [-0.3, -0.25) is 68.4 Å². The smallest absolute Gasteiger partial charge is 0.410 e. The molecule has 2 fully saturated rings. The van der Waals surface area contributed by atoms with Crippen molar-refractivity contribution in [2.45, 2.75) is 206 Å². The summed E-state index contributed by atoms with van der Waals surface area (Å²) in [7, 11) is 2.76. The average Bonchev–Trinajstić information content (AvgIpc) is 1.50. The van der Waals surface area contributed by atoms with Gasteiger partial charge in [-0.15, -0.1) is 10.1 Å². The lowest BCUT2D eigenvalue weighted by Crippen LogP contribution is -2.40. The van der Waals surface area contributed by atoms with Crippen molar-refractivity contribution in [3.8, 4) is 0 Å². The molecule has 4 atom stereocenters. The number of imide groups is 2. The van der Waals surface area contributed by atoms with Crippen molar-refractivity contribution < 1.29 is 112 Å². The van der Waals surface area contributed by atoms with E-state index in [2.05, 4.69) is 10.6 Å². The summed E-state index contributed by atoms with van der Waals surface area (Å²) in [5, 5.41) is 46.4. The van der Waals surface area contributed by atoms with Crippen LogP contribution in [0.1, 0.15) is 194 Å². The Labute approximate surface area is 546 Å². The predicted octanol–water partition coefficient (Wildman–Crippen LogP) is 4.75. The number of nitrogens with one attached hydrogen (secondary N) is 2. The number of rotatable bonds is 35. The first-order chi connectivity index (χ1) is 44.4. The first kappa shape index (κ1) is 79.8. The molecule has 32 heteroatoms. The highest BCUT2D eigenvalue weighted by molar-refractivity contribution is 6.02. The Hall–Kier alpha value is -8.39. The van der Waals surface area contributed by atoms with Crippen LogP contribution in [0.3, 0.4) is 0 Å². The van der Waals surface area contributed by atoms with E-state index in [4.69, 9.17) is 24.3 Å². The standard InChI is InChI=1S/C44H71N7O15.C18H24N2O8/c1-33(52)48(62)29-14-6-11-27-45-36(54)19-21-39(57)50(64)31-15-7-12-28-46-37(55)18-20-38(56)49(63)30-13-5-4-8-16-34(53)32-47(3)43(61)65-35-17-9-10-25-44(2,26-24-35)42(60)66-51-40(58)22-23-41(51)59;1-18(16(25)28-20-13(21)6-7-14(20)22)9-4-3-5-12(8-10-18)27-17(26)19(2)11-15(23)24/h9,17,35,62-64H,4-8,10-16,18-32H2,1-3H3,(H,45,54)(H,46,55);3,5,12H,4,6-11H2,1-2H3,(H,23,24)/b17-9+;5-3+/t35-,44+;12-,18+/m11/s1. The van der Waals surface area contributed by atoms with Gasteiger partial charge in [0, 0.05) is 112 Å². The van der Waals surface area contributed by atoms with E-state index in [0.29, 0.717) is 141 Å². The number of hydrogen-bond donors (Lipinski definition) is 6. The van der Waals surface area contributed by atoms with Crippen LogP contribution in [0, 0.1) is 10.8 Å². The topological polar surface area (TPSA) is 421 Å². The molecule has 4 aliphatic rings. The number of carboxylic acid groups (broad SMARTS) is 1. The van der Waals surface area contributed by atoms with Gasteiger partial charge in [0.05, 0.1) is 17.4 Å². The maximum Gasteiger partial charge on any atom is 0.410 e. The summed E-state index contributed by atoms with van der Waals surface area (Å²) in [5.74, 6) is -7.23. The van der Waals surface area contributed by atoms with Crippen molar-refractivity contribution in [2.24, 2.45) is 10.8 Å². The maximum absolute atomic E-state index is 13.0. The van der Waals surface area contributed by atoms with Crippen LogP contribution in [-0.4, -0.2) is 217 Å². The quantitative estimate of drug-likeness (QED) is 0.0164. The minimum Gasteiger partial charge on any atom is -0.480 e. The molecule has 2 aliphatic carbocycles. The molecule has 0 spiro atoms. The second-order valence-corrected chi connectivity index (χ2v) is 24.2. The minimum absolute atomic E-state index is 0.00983. The van der Waals surface area contributed by atoms with Gasteiger partial charge in [-0.1, -0.05) is 25.0 Å². The third-order valence-electron chi connectivity index (χ3n) is 16.0. The van der Waals surface area contributed by atoms with E-state index in [1.807, 2.05) is 0 Å². The average molecular weight is 1330 g/mol. The van der Waals surface area contributed by atoms with Gasteiger partial charge in [0.15, 0.2) is 5.78 Å². The molecule has 0 radical (unpaired) electrons. The molecule has 11 amide bonds. The van der Waals surface area contributed by atoms with E-state index in [1.54, 1.807) is 38.2 Å². The Morgan fingerprint density at radius 1 is 0.511 bits per heavy atom. The largest absolute Gasteiger partial charge is 0.480 e. The molecule has 0 bridgehead atoms. The molecule has 2 saturated heterocycles. The molecule has 32 nitrogen and oxygen atoms in total. The van der Waals surface area contributed by atoms with Crippen LogP contribution in [0.25, 0.3) is 0 Å². The molecular formula is C62H95N9O23. The van der Waals surface area contributed by atoms with E-state index in [0.717, 1.165) is 4.90 Å². The Morgan fingerprint density at radius 3 is 1.28 bits per heavy atom. The predicted molar refractivity (Wildman–Crippen MR) is 326 cm³/mol. The van der Waals surface area contributed by atoms with Crippen LogP contribution < -0.4 is 10.6 Å². The number of Topliss-reactive ketones (excluding diaryl/α,β-unsaturated/α-hetero) is 1. The highest BCUT2D eigenvalue weighted by atomic mass is 16.7. The van der Waals surface area contributed by atoms with Crippen molar-refractivity contribution in [1.82, 2.24) is 45.7 Å². The van der Waals surface area contributed by atoms with Crippen molar-refractivity contribution in [1.29, 1.82) is 0 Å². The van der Waals surface area contributed by atoms with E-state index in [9.17, 15) is 87.5 Å². The Balaban J connectivity index is 0.000000680. The van der Waals surface area contributed by atoms with Gasteiger partial charge in [0.25, 0.3) is 23.6 Å². The van der Waals surface area contributed by atoms with E-state index in [-0.39, 0.29) is 114 Å². The van der Waals surface area contributed by atoms with Crippen molar-refractivity contribution in [2.75, 3.05) is 59.9 Å². The fraction of sp³-hybridized carbons (Fsp3) is 0.694. The van der Waals surface area contributed by atoms with Crippen LogP contribution in [-0.2, 0) is 81.5 Å². The van der Waals surface area contributed by atoms with E-state index in [1.165, 1.54) is 25.9 Å². The molecule has 0 aromatic heterocycles. The lowest BCUT2D eigenvalue weighted by molar-refractivity contribution is -0.205. The number of allylic oxidation sites excluding steroid dienone is 2. The zero-order chi connectivity index (χ0) is 70.0. The second-order valence-electron chi connectivity index (χ2n) is 24.2. The number of carboxylic acids is 1. The molecule has 2 heterocycles. The van der Waals surface area contributed by atoms with Crippen molar-refractivity contribution in [3.05, 3.63) is 24.3 Å². The molecule has 0 saturated carbocycles. The molecule has 94 heavy (non-hydrogen) atoms. The summed E-state index contributed by atoms with van der Waals surface area (Å²) in [4.78, 5) is 193. The number of hydroxylamine groups is 10. The Morgan fingerprint density at radius 2 is 0.883 bits per heavy atom. The van der Waals surface area contributed by atoms with Crippen LogP contribution in [0.2, 0.25) is 0 Å². The number of aliphatic carboxylic acids is 1. The summed E-state index contributed by atoms with van der Waals surface area (Å²) in [6.07, 6.45) is 12.7. The zero-order valence-electron chi connectivity index (χ0n) is 54.7. The molecule has 4 rings (SSSR count). The number of amides is 11. The number of nitrogens with zero attached hydrogens (tertiary/aromatic N) is 7. The van der Waals surface area contributed by atoms with Crippen LogP contribution in [0.15, 0.2) is 24.3 Å². The Bertz CT molecular complexity index is 2690. The number of likely N-dealkylation sites (N-methyl/N-ethyl adjacent to an activating group) is 2. The SMILES string of the molecule is CC(=O)N(O)CCCCCNC(=O)CCC(=O)N(O)CCCCCNC(=O)CCC(=O)N(O)CCCCCCC(=O)CN(C)C(=O)O[C@@H]1/C=C/CC[C@](C)(C(=O)ON2C(=O)CCC2=O)CC1.CN(CC(=O)O)C(=O)O[C@@H]1/C=C/CC[C@](C)(C(=O)ON2C(=O)CCC2=O)CC1. The highest BCUT2D eigenvalue weighted by Gasteiger charge is 2.43. The van der Waals surface area contributed by atoms with Gasteiger partial charge >= 0.3 is 30.1 Å². The third-order valence-corrected chi connectivity index (χ3v) is 16.0. The summed E-state index contributed by atoms with van der Waals surface area (Å²) >= 11 is 0. The summed E-state index contributed by atoms with van der Waals surface area (Å²) < 4.78 is 10.9. The lowest BCUT2D eigenvalue weighted by Gasteiger charge is -2.31. The van der Waals surface area contributed by atoms with Crippen molar-refractivity contribution in [3.63, 3.8) is 0 Å². The lowest BCUT2D eigenvalue weighted by atomic mass is 9.79. The molecule has 0 aromatic rings. The number of ether oxygens (including phenoxy) is 2. The molecule has 526 valence electrons. The van der Waals surface area contributed by atoms with Crippen LogP contribution >= 0.6 is 0 Å². The van der Waals surface area contributed by atoms with Gasteiger partial charge < -0.3 is 44.7 Å². The second kappa shape index (κ2) is 41.3. The molecule has 0 aromatic carbocycles. The van der Waals surface area contributed by atoms with Crippen LogP contribution in [0.4, 0.5) is 9.59 Å². The van der Waals surface area contributed by atoms with Gasteiger partial charge in [0.2, 0.25) is 29.5 Å². The monoisotopic (exact) mass is 1330 g/mol. The number of hydrogen-bond acceptors (Lipinski definition) is 22. The summed E-state index contributed by atoms with van der Waals surface area (Å²) in [6, 6.07) is 0. The minimum atomic E-state index is -1.16. The Kier molecular flexibility index (Phi) is 35.1. The number of ketones is 1. The molecule has 6 N–H and O–H groups in total. The summed E-state index contributed by atoms with van der Waals surface area (Å²) in [5.41, 5.74) is -1.99. The summed E-state index contributed by atoms with van der Waals surface area (Å²) in [6.45, 7) is 5.01. The zero-order valence-corrected chi connectivity index (χ0v) is 54.7. The molecular weight excluding hydrogens is 1240 g/mol. The van der Waals surface area contributed by atoms with Crippen molar-refractivity contribution >= 4 is 89.0 Å². The van der Waals surface area contributed by atoms with Gasteiger partial charge in [-0.2, -0.15) is 0 Å². The molecule has 0 unspecified atom stereocenters. The third kappa shape index (κ3) is 29.7. The number of unbranched alkanes of at least 4 members (excludes halogenated alkanes) is 7. The first-order valence-corrected chi connectivity index (χ1v) is 32.0. The molecule has 2 aliphatic heterocycles. The number of carbonyl (C=O) groups is 15. The van der Waals surface area contributed by atoms with E-state index < -0.39 is 101 Å². The fourth-order valence-corrected chi connectivity index (χ4v) is 9.89. The first-order valence-electron chi connectivity index (χ1n) is 32.0. The normalized spacial score (nSPS) is 20.1. The number of carbonyl (C=O) groups excluding carboxylic acids is 14. The highest BCUT2D eigenvalue weighted by Crippen LogP contribution is 2.36. The fourth-order valence-electron chi connectivity index (χ4n) is 9.89. The van der Waals surface area contributed by atoms with Gasteiger partial charge in [0.1, 0.15) is 18.8 Å². The maximum atomic E-state index is 13.0. The van der Waals surface area contributed by atoms with E-state index >= 15 is 0 Å². The van der Waals surface area contributed by atoms with Crippen LogP contribution in [0.5, 0.6) is 0 Å². The van der Waals surface area contributed by atoms with Gasteiger partial charge in [-0.25, -0.2) is 34.4 Å². The van der Waals surface area contributed by atoms with Gasteiger partial charge in [-0.05, 0) is 129 Å².